The van der Waals surface area contributed by atoms with E-state index in [-0.39, 0.29) is 5.92 Å². The Hall–Kier alpha value is -0.570. The molecule has 2 aliphatic rings. The summed E-state index contributed by atoms with van der Waals surface area (Å²) in [5.41, 5.74) is 0. The van der Waals surface area contributed by atoms with Crippen LogP contribution in [-0.2, 0) is 4.79 Å². The van der Waals surface area contributed by atoms with E-state index in [2.05, 4.69) is 24.1 Å². The number of nitrogens with zero attached hydrogens (tertiary/aromatic N) is 1. The maximum Gasteiger partial charge on any atom is 0.225 e. The Kier molecular flexibility index (Phi) is 5.04. The van der Waals surface area contributed by atoms with E-state index in [1.165, 1.54) is 32.4 Å². The van der Waals surface area contributed by atoms with Crippen molar-refractivity contribution in [1.29, 1.82) is 0 Å². The molecule has 2 rings (SSSR count). The molecule has 0 aliphatic carbocycles. The molecule has 0 aromatic heterocycles. The van der Waals surface area contributed by atoms with Gasteiger partial charge in [-0.15, -0.1) is 0 Å². The second kappa shape index (κ2) is 6.55. The predicted molar refractivity (Wildman–Crippen MR) is 74.4 cm³/mol. The molecule has 2 heterocycles. The van der Waals surface area contributed by atoms with Gasteiger partial charge in [-0.2, -0.15) is 0 Å². The molecule has 2 aliphatic heterocycles. The van der Waals surface area contributed by atoms with E-state index in [1.807, 2.05) is 0 Å². The molecule has 0 saturated carbocycles. The van der Waals surface area contributed by atoms with E-state index in [1.54, 1.807) is 0 Å². The molecule has 0 radical (unpaired) electrons. The van der Waals surface area contributed by atoms with Crippen molar-refractivity contribution < 1.29 is 4.79 Å². The fourth-order valence-corrected chi connectivity index (χ4v) is 3.57. The van der Waals surface area contributed by atoms with Crippen molar-refractivity contribution in [2.75, 3.05) is 26.2 Å². The molecule has 0 bridgehead atoms. The van der Waals surface area contributed by atoms with E-state index >= 15 is 0 Å². The molecule has 104 valence electrons. The van der Waals surface area contributed by atoms with E-state index in [0.29, 0.717) is 5.91 Å². The maximum atomic E-state index is 12.3. The van der Waals surface area contributed by atoms with Crippen LogP contribution in [0.5, 0.6) is 0 Å². The molecule has 1 amide bonds. The number of rotatable bonds is 4. The van der Waals surface area contributed by atoms with E-state index in [0.717, 1.165) is 37.8 Å². The first-order chi connectivity index (χ1) is 8.76. The van der Waals surface area contributed by atoms with E-state index < -0.39 is 0 Å². The van der Waals surface area contributed by atoms with Crippen LogP contribution in [0.25, 0.3) is 0 Å². The highest BCUT2D eigenvalue weighted by molar-refractivity contribution is 5.78. The lowest BCUT2D eigenvalue weighted by Gasteiger charge is -2.36. The van der Waals surface area contributed by atoms with Crippen molar-refractivity contribution in [3.8, 4) is 0 Å². The standard InChI is InChI=1S/C15H28N2O/c1-3-12(4-2)15(18)17-9-6-13(7-10-17)14-5-8-16-11-14/h12-14,16H,3-11H2,1-2H3. The van der Waals surface area contributed by atoms with Gasteiger partial charge in [0, 0.05) is 19.0 Å². The molecular formula is C15H28N2O. The van der Waals surface area contributed by atoms with Crippen LogP contribution in [-0.4, -0.2) is 37.0 Å². The van der Waals surface area contributed by atoms with Gasteiger partial charge in [-0.05, 0) is 57.0 Å². The lowest BCUT2D eigenvalue weighted by Crippen LogP contribution is -2.43. The molecule has 1 atom stereocenters. The Morgan fingerprint density at radius 2 is 1.83 bits per heavy atom. The first-order valence-electron chi connectivity index (χ1n) is 7.75. The molecule has 0 spiro atoms. The second-order valence-electron chi connectivity index (χ2n) is 5.93. The summed E-state index contributed by atoms with van der Waals surface area (Å²) in [5.74, 6) is 2.39. The van der Waals surface area contributed by atoms with Gasteiger partial charge in [-0.3, -0.25) is 4.79 Å². The summed E-state index contributed by atoms with van der Waals surface area (Å²) in [5, 5.41) is 3.46. The topological polar surface area (TPSA) is 32.3 Å². The van der Waals surface area contributed by atoms with Crippen LogP contribution in [0, 0.1) is 17.8 Å². The molecule has 0 aromatic rings. The number of carbonyl (C=O) groups is 1. The minimum Gasteiger partial charge on any atom is -0.342 e. The Balaban J connectivity index is 1.80. The Labute approximate surface area is 111 Å². The number of hydrogen-bond donors (Lipinski definition) is 1. The van der Waals surface area contributed by atoms with Crippen molar-refractivity contribution in [3.05, 3.63) is 0 Å². The van der Waals surface area contributed by atoms with Crippen molar-refractivity contribution in [3.63, 3.8) is 0 Å². The van der Waals surface area contributed by atoms with Crippen LogP contribution >= 0.6 is 0 Å². The molecule has 2 saturated heterocycles. The number of hydrogen-bond acceptors (Lipinski definition) is 2. The third-order valence-corrected chi connectivity index (χ3v) is 4.95. The normalized spacial score (nSPS) is 25.9. The summed E-state index contributed by atoms with van der Waals surface area (Å²) in [6.45, 7) is 8.64. The van der Waals surface area contributed by atoms with Gasteiger partial charge in [-0.25, -0.2) is 0 Å². The molecular weight excluding hydrogens is 224 g/mol. The zero-order valence-corrected chi connectivity index (χ0v) is 12.0. The van der Waals surface area contributed by atoms with Gasteiger partial charge >= 0.3 is 0 Å². The second-order valence-corrected chi connectivity index (χ2v) is 5.93. The molecule has 3 heteroatoms. The molecule has 0 aromatic carbocycles. The van der Waals surface area contributed by atoms with Crippen molar-refractivity contribution >= 4 is 5.91 Å². The lowest BCUT2D eigenvalue weighted by atomic mass is 9.83. The van der Waals surface area contributed by atoms with Crippen molar-refractivity contribution in [2.24, 2.45) is 17.8 Å². The van der Waals surface area contributed by atoms with Crippen LogP contribution in [0.2, 0.25) is 0 Å². The fourth-order valence-electron chi connectivity index (χ4n) is 3.57. The number of nitrogens with one attached hydrogen (secondary N) is 1. The first kappa shape index (κ1) is 13.9. The van der Waals surface area contributed by atoms with Crippen molar-refractivity contribution in [1.82, 2.24) is 10.2 Å². The lowest BCUT2D eigenvalue weighted by molar-refractivity contribution is -0.137. The quantitative estimate of drug-likeness (QED) is 0.832. The number of amides is 1. The minimum atomic E-state index is 0.259. The Morgan fingerprint density at radius 3 is 2.33 bits per heavy atom. The fraction of sp³-hybridized carbons (Fsp3) is 0.933. The highest BCUT2D eigenvalue weighted by Gasteiger charge is 2.31. The summed E-state index contributed by atoms with van der Waals surface area (Å²) in [4.78, 5) is 14.4. The summed E-state index contributed by atoms with van der Waals surface area (Å²) < 4.78 is 0. The largest absolute Gasteiger partial charge is 0.342 e. The molecule has 18 heavy (non-hydrogen) atoms. The zero-order chi connectivity index (χ0) is 13.0. The van der Waals surface area contributed by atoms with Gasteiger partial charge in [-0.1, -0.05) is 13.8 Å². The van der Waals surface area contributed by atoms with Crippen LogP contribution in [0.4, 0.5) is 0 Å². The van der Waals surface area contributed by atoms with Gasteiger partial charge < -0.3 is 10.2 Å². The molecule has 1 N–H and O–H groups in total. The Bertz CT molecular complexity index is 262. The van der Waals surface area contributed by atoms with Gasteiger partial charge in [0.25, 0.3) is 0 Å². The average molecular weight is 252 g/mol. The monoisotopic (exact) mass is 252 g/mol. The third-order valence-electron chi connectivity index (χ3n) is 4.95. The number of piperidine rings is 1. The number of likely N-dealkylation sites (tertiary alicyclic amines) is 1. The van der Waals surface area contributed by atoms with Crippen LogP contribution in [0.3, 0.4) is 0 Å². The number of carbonyl (C=O) groups excluding carboxylic acids is 1. The minimum absolute atomic E-state index is 0.259. The Morgan fingerprint density at radius 1 is 1.17 bits per heavy atom. The summed E-state index contributed by atoms with van der Waals surface area (Å²) in [6.07, 6.45) is 5.76. The molecule has 1 unspecified atom stereocenters. The smallest absolute Gasteiger partial charge is 0.225 e. The van der Waals surface area contributed by atoms with Gasteiger partial charge in [0.2, 0.25) is 5.91 Å². The van der Waals surface area contributed by atoms with Gasteiger partial charge in [0.1, 0.15) is 0 Å². The zero-order valence-electron chi connectivity index (χ0n) is 12.0. The highest BCUT2D eigenvalue weighted by atomic mass is 16.2. The molecule has 3 nitrogen and oxygen atoms in total. The van der Waals surface area contributed by atoms with E-state index in [9.17, 15) is 4.79 Å². The maximum absolute atomic E-state index is 12.3. The third kappa shape index (κ3) is 3.05. The van der Waals surface area contributed by atoms with Crippen LogP contribution in [0.1, 0.15) is 46.0 Å². The predicted octanol–water partition coefficient (Wildman–Crippen LogP) is 2.27. The summed E-state index contributed by atoms with van der Waals surface area (Å²) >= 11 is 0. The van der Waals surface area contributed by atoms with Crippen molar-refractivity contribution in [2.45, 2.75) is 46.0 Å². The molecule has 2 fully saturated rings. The summed E-state index contributed by atoms with van der Waals surface area (Å²) in [6, 6.07) is 0. The van der Waals surface area contributed by atoms with Crippen LogP contribution in [0.15, 0.2) is 0 Å². The highest BCUT2D eigenvalue weighted by Crippen LogP contribution is 2.29. The average Bonchev–Trinajstić information content (AvgIpc) is 2.94. The van der Waals surface area contributed by atoms with Crippen LogP contribution < -0.4 is 5.32 Å². The summed E-state index contributed by atoms with van der Waals surface area (Å²) in [7, 11) is 0. The SMILES string of the molecule is CCC(CC)C(=O)N1CCC(C2CCNC2)CC1. The first-order valence-corrected chi connectivity index (χ1v) is 7.75. The van der Waals surface area contributed by atoms with E-state index in [4.69, 9.17) is 0 Å². The van der Waals surface area contributed by atoms with Gasteiger partial charge in [0.05, 0.1) is 0 Å². The van der Waals surface area contributed by atoms with Gasteiger partial charge in [0.15, 0.2) is 0 Å².